The maximum absolute atomic E-state index is 14.7. The van der Waals surface area contributed by atoms with Crippen molar-refractivity contribution in [3.05, 3.63) is 83.8 Å². The van der Waals surface area contributed by atoms with Crippen molar-refractivity contribution in [2.45, 2.75) is 125 Å². The van der Waals surface area contributed by atoms with Crippen LogP contribution in [0.25, 0.3) is 10.9 Å². The fourth-order valence-corrected chi connectivity index (χ4v) is 11.8. The van der Waals surface area contributed by atoms with Crippen molar-refractivity contribution in [3.63, 3.8) is 0 Å². The van der Waals surface area contributed by atoms with Crippen molar-refractivity contribution in [2.24, 2.45) is 16.5 Å². The number of aromatic nitrogens is 1. The van der Waals surface area contributed by atoms with Gasteiger partial charge in [-0.15, -0.1) is 0 Å². The van der Waals surface area contributed by atoms with Gasteiger partial charge < -0.3 is 64.3 Å². The second-order valence-corrected chi connectivity index (χ2v) is 21.7. The maximum atomic E-state index is 14.7. The molecule has 1 spiro atoms. The summed E-state index contributed by atoms with van der Waals surface area (Å²) in [7, 11) is 3.60. The molecule has 24 nitrogen and oxygen atoms in total. The number of guanidine groups is 1. The fourth-order valence-electron chi connectivity index (χ4n) is 9.39. The van der Waals surface area contributed by atoms with Gasteiger partial charge in [-0.25, -0.2) is 9.69 Å². The van der Waals surface area contributed by atoms with E-state index >= 15 is 0 Å². The van der Waals surface area contributed by atoms with E-state index in [1.54, 1.807) is 43.6 Å². The van der Waals surface area contributed by atoms with Gasteiger partial charge in [-0.2, -0.15) is 0 Å². The number of nitrogens with two attached hydrogens (primary N) is 2. The number of nitrogens with zero attached hydrogens (tertiary/aromatic N) is 2. The summed E-state index contributed by atoms with van der Waals surface area (Å²) in [5, 5.41) is 33.2. The Balaban J connectivity index is 1.39. The van der Waals surface area contributed by atoms with Crippen LogP contribution >= 0.6 is 21.6 Å². The minimum atomic E-state index is -1.48. The fraction of sp³-hybridized carbons (Fsp3) is 0.471. The number of benzene rings is 2. The van der Waals surface area contributed by atoms with Gasteiger partial charge in [0.2, 0.25) is 41.4 Å². The van der Waals surface area contributed by atoms with Crippen LogP contribution in [0.3, 0.4) is 0 Å². The highest BCUT2D eigenvalue weighted by Gasteiger charge is 2.54. The number of primary amides is 1. The van der Waals surface area contributed by atoms with Crippen molar-refractivity contribution in [2.75, 3.05) is 25.1 Å². The second kappa shape index (κ2) is 28.0. The standard InChI is InChI=1S/C51H69N15O9S2/c1-29-42(68)62-38(24-32(56-3)26-55-2)46(72)63-37(23-30-13-6-4-7-14-30)45(71)60-35(17-12-22-57-49(53)54)43(69)61-36(19-18-31-25-58-34-16-9-8-15-33(31)34)44(70)64-39(41(52)67)27-76-77-28-40(47(73)59-29)66-48(74)51(65-50(66)75)20-10-5-11-21-51/h4,6-9,13-16,25-26,29,35-40,56,58H,2,5,10-12,17-24,27-28H2,1,3H3,(H2,52,67)(H,59,73)(H,60,71)(H,61,69)(H,62,68)(H,63,72)(H,64,70)(H,65,75)(H4,53,54,57)/b32-26-/t29-,35+,36+,37-,38+,39+,40+/m1/s1. The van der Waals surface area contributed by atoms with Crippen LogP contribution in [-0.2, 0) is 51.2 Å². The van der Waals surface area contributed by atoms with Crippen molar-refractivity contribution in [3.8, 4) is 0 Å². The molecular formula is C51H69N15O9S2. The number of imide groups is 1. The molecule has 1 aromatic heterocycles. The Bertz CT molecular complexity index is 2700. The van der Waals surface area contributed by atoms with Crippen LogP contribution in [0.1, 0.15) is 75.8 Å². The third-order valence-electron chi connectivity index (χ3n) is 13.6. The first-order chi connectivity index (χ1) is 36.9. The SMILES string of the molecule is C=N/C=C(/C[C@@H]1NC(=O)[C@@H](C)NC(=O)[C@@H](N2C(=O)NC3(CCCCC3)C2=O)CSSC[C@@H](C(N)=O)NC(=O)[C@H](CCc2c[nH]c3ccccc23)NC(=O)[C@H](CCCNC(=N)N)NC(=O)[C@@H](Cc2ccccc2)NC1=O)NC. The lowest BCUT2D eigenvalue weighted by atomic mass is 9.81. The molecule has 26 heteroatoms. The van der Waals surface area contributed by atoms with E-state index in [4.69, 9.17) is 16.9 Å². The van der Waals surface area contributed by atoms with Crippen LogP contribution in [0.2, 0.25) is 0 Å². The van der Waals surface area contributed by atoms with Gasteiger partial charge >= 0.3 is 6.03 Å². The Hall–Kier alpha value is -7.61. The number of H-pyrrole nitrogens is 1. The molecule has 77 heavy (non-hydrogen) atoms. The third-order valence-corrected chi connectivity index (χ3v) is 16.0. The first kappa shape index (κ1) is 58.6. The number of fused-ring (bicyclic) bond motifs is 1. The van der Waals surface area contributed by atoms with Crippen LogP contribution in [0.4, 0.5) is 4.79 Å². The topological polar surface area (TPSA) is 369 Å². The van der Waals surface area contributed by atoms with Crippen molar-refractivity contribution >= 4 is 98.5 Å². The predicted molar refractivity (Wildman–Crippen MR) is 294 cm³/mol. The van der Waals surface area contributed by atoms with Crippen molar-refractivity contribution < 1.29 is 43.2 Å². The van der Waals surface area contributed by atoms with Gasteiger partial charge in [0, 0.05) is 66.9 Å². The van der Waals surface area contributed by atoms with Gasteiger partial charge in [-0.1, -0.05) is 89.4 Å². The number of hydrogen-bond donors (Lipinski definition) is 13. The predicted octanol–water partition coefficient (Wildman–Crippen LogP) is 0.190. The number of carbonyl (C=O) groups excluding carboxylic acids is 9. The number of aliphatic imine (C=N–C) groups is 1. The summed E-state index contributed by atoms with van der Waals surface area (Å²) in [6.45, 7) is 4.98. The largest absolute Gasteiger partial charge is 0.390 e. The van der Waals surface area contributed by atoms with E-state index in [1.807, 2.05) is 24.3 Å². The zero-order chi connectivity index (χ0) is 55.6. The first-order valence-corrected chi connectivity index (χ1v) is 27.9. The minimum absolute atomic E-state index is 0.00616. The second-order valence-electron chi connectivity index (χ2n) is 19.1. The zero-order valence-corrected chi connectivity index (χ0v) is 44.7. The Morgan fingerprint density at radius 2 is 1.42 bits per heavy atom. The number of urea groups is 1. The molecule has 1 saturated carbocycles. The molecule has 3 fully saturated rings. The lowest BCUT2D eigenvalue weighted by Gasteiger charge is -2.32. The molecule has 2 aromatic carbocycles. The number of rotatable bonds is 15. The van der Waals surface area contributed by atoms with Crippen molar-refractivity contribution in [1.82, 2.24) is 57.7 Å². The van der Waals surface area contributed by atoms with E-state index in [9.17, 15) is 43.2 Å². The number of aryl methyl sites for hydroxylation is 1. The van der Waals surface area contributed by atoms with Gasteiger partial charge in [0.25, 0.3) is 5.91 Å². The molecule has 3 aromatic rings. The number of aromatic amines is 1. The minimum Gasteiger partial charge on any atom is -0.390 e. The summed E-state index contributed by atoms with van der Waals surface area (Å²) in [6, 6.07) is 5.76. The molecule has 0 bridgehead atoms. The molecule has 414 valence electrons. The molecule has 0 unspecified atom stereocenters. The first-order valence-electron chi connectivity index (χ1n) is 25.4. The van der Waals surface area contributed by atoms with E-state index in [1.165, 1.54) is 13.1 Å². The van der Waals surface area contributed by atoms with Gasteiger partial charge in [0.05, 0.1) is 0 Å². The summed E-state index contributed by atoms with van der Waals surface area (Å²) in [5.74, 6) is -7.17. The lowest BCUT2D eigenvalue weighted by molar-refractivity contribution is -0.139. The van der Waals surface area contributed by atoms with Crippen LogP contribution in [-0.4, -0.2) is 149 Å². The maximum Gasteiger partial charge on any atom is 0.325 e. The van der Waals surface area contributed by atoms with Gasteiger partial charge in [-0.05, 0) is 69.4 Å². The molecule has 10 amide bonds. The Labute approximate surface area is 453 Å². The number of hydrogen-bond acceptors (Lipinski definition) is 14. The normalized spacial score (nSPS) is 24.6. The number of para-hydroxylation sites is 1. The van der Waals surface area contributed by atoms with E-state index in [0.717, 1.165) is 49.4 Å². The lowest BCUT2D eigenvalue weighted by Crippen LogP contribution is -2.60. The monoisotopic (exact) mass is 1100 g/mol. The van der Waals surface area contributed by atoms with Gasteiger partial charge in [0.15, 0.2) is 5.96 Å². The van der Waals surface area contributed by atoms with Crippen LogP contribution in [0, 0.1) is 5.41 Å². The average Bonchev–Trinajstić information content (AvgIpc) is 3.93. The molecule has 7 atom stereocenters. The third kappa shape index (κ3) is 16.0. The van der Waals surface area contributed by atoms with Crippen molar-refractivity contribution in [1.29, 1.82) is 5.41 Å². The molecule has 0 radical (unpaired) electrons. The van der Waals surface area contributed by atoms with E-state index in [0.29, 0.717) is 36.9 Å². The highest BCUT2D eigenvalue weighted by Crippen LogP contribution is 2.36. The number of nitrogens with one attached hydrogen (secondary N) is 11. The quantitative estimate of drug-likeness (QED) is 0.0318. The summed E-state index contributed by atoms with van der Waals surface area (Å²) in [4.78, 5) is 136. The van der Waals surface area contributed by atoms with E-state index in [-0.39, 0.29) is 62.5 Å². The van der Waals surface area contributed by atoms with E-state index < -0.39 is 101 Å². The summed E-state index contributed by atoms with van der Waals surface area (Å²) >= 11 is 0. The zero-order valence-electron chi connectivity index (χ0n) is 43.0. The number of carbonyl (C=O) groups is 9. The highest BCUT2D eigenvalue weighted by molar-refractivity contribution is 8.76. The van der Waals surface area contributed by atoms with Gasteiger partial charge in [-0.3, -0.25) is 48.8 Å². The molecule has 1 aliphatic carbocycles. The summed E-state index contributed by atoms with van der Waals surface area (Å²) < 4.78 is 0. The average molecular weight is 1100 g/mol. The van der Waals surface area contributed by atoms with Gasteiger partial charge in [0.1, 0.15) is 47.8 Å². The number of amides is 10. The Morgan fingerprint density at radius 3 is 2.10 bits per heavy atom. The van der Waals surface area contributed by atoms with E-state index in [2.05, 4.69) is 64.5 Å². The van der Waals surface area contributed by atoms with Crippen LogP contribution in [0.5, 0.6) is 0 Å². The molecular weight excluding hydrogens is 1030 g/mol. The van der Waals surface area contributed by atoms with Crippen LogP contribution < -0.4 is 59.3 Å². The molecule has 2 aliphatic heterocycles. The molecule has 15 N–H and O–H groups in total. The molecule has 3 aliphatic rings. The Morgan fingerprint density at radius 1 is 0.792 bits per heavy atom. The highest BCUT2D eigenvalue weighted by atomic mass is 33.1. The molecule has 2 saturated heterocycles. The molecule has 6 rings (SSSR count). The van der Waals surface area contributed by atoms with Crippen LogP contribution in [0.15, 0.2) is 77.7 Å². The smallest absolute Gasteiger partial charge is 0.325 e. The summed E-state index contributed by atoms with van der Waals surface area (Å²) in [5.41, 5.74) is 12.8. The Kier molecular flexibility index (Phi) is 21.3. The molecule has 3 heterocycles. The summed E-state index contributed by atoms with van der Waals surface area (Å²) in [6.07, 6.45) is 6.18.